The van der Waals surface area contributed by atoms with E-state index >= 15 is 0 Å². The average molecular weight is 309 g/mol. The van der Waals surface area contributed by atoms with Gasteiger partial charge >= 0.3 is 0 Å². The van der Waals surface area contributed by atoms with E-state index in [0.717, 1.165) is 11.6 Å². The largest absolute Gasteiger partial charge is 0.370 e. The Bertz CT molecular complexity index is 459. The number of nitrogens with one attached hydrogen (secondary N) is 1. The van der Waals surface area contributed by atoms with E-state index in [1.807, 2.05) is 0 Å². The Hall–Kier alpha value is -0.730. The summed E-state index contributed by atoms with van der Waals surface area (Å²) in [6.45, 7) is 7.40. The number of halogens is 1. The number of hydrogen-bond acceptors (Lipinski definition) is 2. The van der Waals surface area contributed by atoms with Gasteiger partial charge in [0.15, 0.2) is 0 Å². The molecule has 0 amide bonds. The minimum absolute atomic E-state index is 0.129. The molecular weight excluding hydrogens is 280 g/mol. The van der Waals surface area contributed by atoms with Gasteiger partial charge in [0, 0.05) is 25.2 Å². The Labute approximate surface area is 134 Å². The molecule has 0 heterocycles. The number of nitrogens with zero attached hydrogens (tertiary/aromatic N) is 1. The molecule has 1 fully saturated rings. The fraction of sp³-hybridized carbons (Fsp3) is 0.667. The third kappa shape index (κ3) is 4.89. The van der Waals surface area contributed by atoms with Crippen LogP contribution in [0, 0.1) is 0 Å². The maximum atomic E-state index is 6.52. The molecule has 0 aromatic heterocycles. The van der Waals surface area contributed by atoms with Gasteiger partial charge < -0.3 is 10.2 Å². The molecule has 1 aromatic carbocycles. The monoisotopic (exact) mass is 308 g/mol. The minimum atomic E-state index is 0.129. The van der Waals surface area contributed by atoms with Gasteiger partial charge in [-0.15, -0.1) is 0 Å². The molecule has 0 radical (unpaired) electrons. The first-order valence-corrected chi connectivity index (χ1v) is 8.51. The van der Waals surface area contributed by atoms with Crippen molar-refractivity contribution in [3.05, 3.63) is 28.8 Å². The molecule has 0 spiro atoms. The van der Waals surface area contributed by atoms with E-state index < -0.39 is 0 Å². The standard InChI is InChI=1S/C18H29ClN2/c1-18(2,3)20-13-14-10-11-17(16(19)12-14)21(4)15-8-6-5-7-9-15/h10-12,15,20H,5-9,13H2,1-4H3. The predicted molar refractivity (Wildman–Crippen MR) is 93.3 cm³/mol. The van der Waals surface area contributed by atoms with Crippen molar-refractivity contribution in [2.75, 3.05) is 11.9 Å². The number of anilines is 1. The molecule has 1 saturated carbocycles. The Morgan fingerprint density at radius 3 is 2.43 bits per heavy atom. The van der Waals surface area contributed by atoms with E-state index in [2.05, 4.69) is 56.2 Å². The van der Waals surface area contributed by atoms with E-state index in [-0.39, 0.29) is 5.54 Å². The maximum absolute atomic E-state index is 6.52. The van der Waals surface area contributed by atoms with Crippen LogP contribution in [0.15, 0.2) is 18.2 Å². The molecule has 0 saturated heterocycles. The number of hydrogen-bond donors (Lipinski definition) is 1. The number of rotatable bonds is 4. The van der Waals surface area contributed by atoms with Gasteiger partial charge in [-0.2, -0.15) is 0 Å². The summed E-state index contributed by atoms with van der Waals surface area (Å²) in [7, 11) is 2.18. The Balaban J connectivity index is 2.04. The van der Waals surface area contributed by atoms with Crippen LogP contribution in [0.2, 0.25) is 5.02 Å². The Kier molecular flexibility index (Phi) is 5.56. The van der Waals surface area contributed by atoms with Gasteiger partial charge in [0.25, 0.3) is 0 Å². The molecule has 0 atom stereocenters. The summed E-state index contributed by atoms with van der Waals surface area (Å²) in [5.41, 5.74) is 2.54. The van der Waals surface area contributed by atoms with Crippen LogP contribution in [0.4, 0.5) is 5.69 Å². The van der Waals surface area contributed by atoms with Crippen molar-refractivity contribution >= 4 is 17.3 Å². The molecule has 2 nitrogen and oxygen atoms in total. The van der Waals surface area contributed by atoms with Crippen molar-refractivity contribution in [1.29, 1.82) is 0 Å². The average Bonchev–Trinajstić information content (AvgIpc) is 2.45. The molecule has 0 bridgehead atoms. The molecule has 1 aliphatic rings. The lowest BCUT2D eigenvalue weighted by Gasteiger charge is -2.33. The third-order valence-electron chi connectivity index (χ3n) is 4.34. The van der Waals surface area contributed by atoms with E-state index in [9.17, 15) is 0 Å². The minimum Gasteiger partial charge on any atom is -0.370 e. The van der Waals surface area contributed by atoms with Crippen molar-refractivity contribution in [3.63, 3.8) is 0 Å². The van der Waals surface area contributed by atoms with Crippen LogP contribution in [-0.4, -0.2) is 18.6 Å². The highest BCUT2D eigenvalue weighted by Crippen LogP contribution is 2.31. The van der Waals surface area contributed by atoms with Crippen LogP contribution >= 0.6 is 11.6 Å². The van der Waals surface area contributed by atoms with Crippen LogP contribution < -0.4 is 10.2 Å². The summed E-state index contributed by atoms with van der Waals surface area (Å²) >= 11 is 6.52. The van der Waals surface area contributed by atoms with Gasteiger partial charge in [0.05, 0.1) is 10.7 Å². The highest BCUT2D eigenvalue weighted by Gasteiger charge is 2.20. The van der Waals surface area contributed by atoms with Crippen LogP contribution in [-0.2, 0) is 6.54 Å². The topological polar surface area (TPSA) is 15.3 Å². The molecule has 0 unspecified atom stereocenters. The zero-order valence-electron chi connectivity index (χ0n) is 13.9. The molecule has 118 valence electrons. The molecule has 1 aromatic rings. The summed E-state index contributed by atoms with van der Waals surface area (Å²) in [4.78, 5) is 2.38. The second-order valence-electron chi connectivity index (χ2n) is 7.29. The molecule has 1 N–H and O–H groups in total. The summed E-state index contributed by atoms with van der Waals surface area (Å²) in [6, 6.07) is 7.12. The Morgan fingerprint density at radius 1 is 1.19 bits per heavy atom. The van der Waals surface area contributed by atoms with Crippen molar-refractivity contribution in [2.24, 2.45) is 0 Å². The first kappa shape index (κ1) is 16.6. The third-order valence-corrected chi connectivity index (χ3v) is 4.64. The molecule has 2 rings (SSSR count). The second-order valence-corrected chi connectivity index (χ2v) is 7.70. The van der Waals surface area contributed by atoms with Crippen molar-refractivity contribution in [3.8, 4) is 0 Å². The zero-order valence-corrected chi connectivity index (χ0v) is 14.6. The van der Waals surface area contributed by atoms with Crippen LogP contribution in [0.25, 0.3) is 0 Å². The van der Waals surface area contributed by atoms with E-state index in [1.54, 1.807) is 0 Å². The lowest BCUT2D eigenvalue weighted by molar-refractivity contribution is 0.424. The molecule has 0 aliphatic heterocycles. The molecule has 21 heavy (non-hydrogen) atoms. The van der Waals surface area contributed by atoms with E-state index in [4.69, 9.17) is 11.6 Å². The van der Waals surface area contributed by atoms with Crippen LogP contribution in [0.1, 0.15) is 58.4 Å². The van der Waals surface area contributed by atoms with Gasteiger partial charge in [-0.25, -0.2) is 0 Å². The smallest absolute Gasteiger partial charge is 0.0642 e. The SMILES string of the molecule is CN(c1ccc(CNC(C)(C)C)cc1Cl)C1CCCCC1. The van der Waals surface area contributed by atoms with Gasteiger partial charge in [-0.1, -0.05) is 36.9 Å². The normalized spacial score (nSPS) is 17.0. The van der Waals surface area contributed by atoms with Crippen molar-refractivity contribution in [2.45, 2.75) is 71.0 Å². The Morgan fingerprint density at radius 2 is 1.86 bits per heavy atom. The lowest BCUT2D eigenvalue weighted by Crippen LogP contribution is -2.35. The quantitative estimate of drug-likeness (QED) is 0.842. The molecular formula is C18H29ClN2. The highest BCUT2D eigenvalue weighted by atomic mass is 35.5. The van der Waals surface area contributed by atoms with Crippen LogP contribution in [0.3, 0.4) is 0 Å². The molecule has 1 aliphatic carbocycles. The van der Waals surface area contributed by atoms with Crippen LogP contribution in [0.5, 0.6) is 0 Å². The first-order chi connectivity index (χ1) is 9.87. The van der Waals surface area contributed by atoms with Crippen molar-refractivity contribution < 1.29 is 0 Å². The first-order valence-electron chi connectivity index (χ1n) is 8.13. The summed E-state index contributed by atoms with van der Waals surface area (Å²) < 4.78 is 0. The summed E-state index contributed by atoms with van der Waals surface area (Å²) in [6.07, 6.45) is 6.66. The van der Waals surface area contributed by atoms with Gasteiger partial charge in [-0.05, 0) is 51.3 Å². The second kappa shape index (κ2) is 7.02. The summed E-state index contributed by atoms with van der Waals surface area (Å²) in [5.74, 6) is 0. The van der Waals surface area contributed by atoms with Gasteiger partial charge in [0.2, 0.25) is 0 Å². The lowest BCUT2D eigenvalue weighted by atomic mass is 9.94. The van der Waals surface area contributed by atoms with Crippen molar-refractivity contribution in [1.82, 2.24) is 5.32 Å². The fourth-order valence-corrected chi connectivity index (χ4v) is 3.32. The highest BCUT2D eigenvalue weighted by molar-refractivity contribution is 6.33. The maximum Gasteiger partial charge on any atom is 0.0642 e. The van der Waals surface area contributed by atoms with E-state index in [0.29, 0.717) is 6.04 Å². The predicted octanol–water partition coefficient (Wildman–Crippen LogP) is 5.00. The fourth-order valence-electron chi connectivity index (χ4n) is 2.98. The van der Waals surface area contributed by atoms with Gasteiger partial charge in [-0.3, -0.25) is 0 Å². The zero-order chi connectivity index (χ0) is 15.5. The summed E-state index contributed by atoms with van der Waals surface area (Å²) in [5, 5.41) is 4.38. The molecule has 3 heteroatoms. The van der Waals surface area contributed by atoms with Gasteiger partial charge in [0.1, 0.15) is 0 Å². The van der Waals surface area contributed by atoms with E-state index in [1.165, 1.54) is 43.4 Å². The number of benzene rings is 1.